The van der Waals surface area contributed by atoms with E-state index in [1.54, 1.807) is 24.3 Å². The number of hydrogen-bond acceptors (Lipinski definition) is 4. The van der Waals surface area contributed by atoms with Crippen molar-refractivity contribution in [1.29, 1.82) is 0 Å². The molecule has 0 aliphatic carbocycles. The predicted octanol–water partition coefficient (Wildman–Crippen LogP) is 3.05. The number of fused-ring (bicyclic) bond motifs is 1. The number of nitrogens with zero attached hydrogens (tertiary/aromatic N) is 3. The molecule has 0 spiro atoms. The van der Waals surface area contributed by atoms with Crippen molar-refractivity contribution in [3.05, 3.63) is 46.3 Å². The van der Waals surface area contributed by atoms with Gasteiger partial charge in [0.1, 0.15) is 11.5 Å². The molecular formula is C13H11N3O3. The summed E-state index contributed by atoms with van der Waals surface area (Å²) < 4.78 is 5.48. The first-order valence-electron chi connectivity index (χ1n) is 5.61. The van der Waals surface area contributed by atoms with Crippen LogP contribution in [0.15, 0.2) is 35.4 Å². The highest BCUT2D eigenvalue weighted by molar-refractivity contribution is 6.04. The molecule has 0 saturated carbocycles. The first-order valence-corrected chi connectivity index (χ1v) is 5.61. The summed E-state index contributed by atoms with van der Waals surface area (Å²) in [5, 5.41) is 14.3. The fourth-order valence-electron chi connectivity index (χ4n) is 1.85. The fourth-order valence-corrected chi connectivity index (χ4v) is 1.85. The Hall–Kier alpha value is -2.72. The van der Waals surface area contributed by atoms with Gasteiger partial charge in [0.25, 0.3) is 0 Å². The van der Waals surface area contributed by atoms with Gasteiger partial charge in [0, 0.05) is 21.2 Å². The lowest BCUT2D eigenvalue weighted by Gasteiger charge is -2.10. The van der Waals surface area contributed by atoms with Gasteiger partial charge in [-0.25, -0.2) is 0 Å². The van der Waals surface area contributed by atoms with Crippen molar-refractivity contribution >= 4 is 17.1 Å². The van der Waals surface area contributed by atoms with Crippen LogP contribution in [-0.2, 0) is 0 Å². The quantitative estimate of drug-likeness (QED) is 0.293. The van der Waals surface area contributed by atoms with E-state index in [2.05, 4.69) is 10.0 Å². The highest BCUT2D eigenvalue weighted by Crippen LogP contribution is 2.33. The summed E-state index contributed by atoms with van der Waals surface area (Å²) in [5.74, 6) is 0.560. The second-order valence-electron chi connectivity index (χ2n) is 3.77. The first-order chi connectivity index (χ1) is 9.27. The molecule has 6 nitrogen and oxygen atoms in total. The van der Waals surface area contributed by atoms with Gasteiger partial charge in [-0.1, -0.05) is 17.2 Å². The molecule has 1 N–H and O–H groups in total. The van der Waals surface area contributed by atoms with Crippen molar-refractivity contribution in [1.82, 2.24) is 0 Å². The Balaban J connectivity index is 2.43. The van der Waals surface area contributed by atoms with Gasteiger partial charge in [-0.3, -0.25) is 4.79 Å². The van der Waals surface area contributed by atoms with Crippen molar-refractivity contribution in [3.8, 4) is 11.5 Å². The molecule has 0 heterocycles. The van der Waals surface area contributed by atoms with Gasteiger partial charge in [0.05, 0.1) is 13.2 Å². The highest BCUT2D eigenvalue weighted by atomic mass is 16.5. The summed E-state index contributed by atoms with van der Waals surface area (Å²) >= 11 is 0. The molecule has 0 aliphatic heterocycles. The third kappa shape index (κ3) is 2.59. The molecule has 19 heavy (non-hydrogen) atoms. The maximum absolute atomic E-state index is 11.0. The average molecular weight is 257 g/mol. The molecule has 0 saturated heterocycles. The second-order valence-corrected chi connectivity index (χ2v) is 3.77. The summed E-state index contributed by atoms with van der Waals surface area (Å²) in [4.78, 5) is 13.6. The van der Waals surface area contributed by atoms with Gasteiger partial charge in [-0.2, -0.15) is 0 Å². The molecule has 0 aliphatic rings. The van der Waals surface area contributed by atoms with Crippen LogP contribution in [0, 0.1) is 0 Å². The zero-order chi connectivity index (χ0) is 13.7. The van der Waals surface area contributed by atoms with E-state index >= 15 is 0 Å². The Morgan fingerprint density at radius 3 is 2.95 bits per heavy atom. The van der Waals surface area contributed by atoms with Crippen LogP contribution >= 0.6 is 0 Å². The highest BCUT2D eigenvalue weighted by Gasteiger charge is 2.09. The monoisotopic (exact) mass is 257 g/mol. The van der Waals surface area contributed by atoms with Gasteiger partial charge < -0.3 is 9.84 Å². The average Bonchev–Trinajstić information content (AvgIpc) is 2.44. The van der Waals surface area contributed by atoms with Gasteiger partial charge >= 0.3 is 0 Å². The normalized spacial score (nSPS) is 9.89. The molecule has 96 valence electrons. The minimum Gasteiger partial charge on any atom is -0.507 e. The Morgan fingerprint density at radius 2 is 2.21 bits per heavy atom. The molecule has 0 bridgehead atoms. The fraction of sp³-hybridized carbons (Fsp3) is 0.154. The largest absolute Gasteiger partial charge is 0.507 e. The molecule has 6 heteroatoms. The number of phenolic OH excluding ortho intramolecular Hbond substituents is 1. The minimum absolute atomic E-state index is 0.0279. The van der Waals surface area contributed by atoms with Gasteiger partial charge in [0.2, 0.25) is 0 Å². The Bertz CT molecular complexity index is 663. The van der Waals surface area contributed by atoms with Crippen molar-refractivity contribution in [2.75, 3.05) is 13.2 Å². The van der Waals surface area contributed by atoms with Gasteiger partial charge in [0.15, 0.2) is 6.29 Å². The SMILES string of the molecule is [N-]=[N+]=NCCOc1ccc(C=O)c2c(O)cccc12. The van der Waals surface area contributed by atoms with E-state index in [-0.39, 0.29) is 18.9 Å². The zero-order valence-corrected chi connectivity index (χ0v) is 9.98. The third-order valence-corrected chi connectivity index (χ3v) is 2.65. The molecule has 0 fully saturated rings. The third-order valence-electron chi connectivity index (χ3n) is 2.65. The summed E-state index contributed by atoms with van der Waals surface area (Å²) in [6, 6.07) is 8.18. The van der Waals surface area contributed by atoms with Crippen molar-refractivity contribution in [2.24, 2.45) is 5.11 Å². The number of carbonyl (C=O) groups is 1. The number of rotatable bonds is 5. The van der Waals surface area contributed by atoms with Crippen LogP contribution in [-0.4, -0.2) is 24.5 Å². The Labute approximate surface area is 108 Å². The van der Waals surface area contributed by atoms with E-state index in [9.17, 15) is 9.90 Å². The Kier molecular flexibility index (Phi) is 3.85. The standard InChI is InChI=1S/C13H11N3O3/c14-16-15-6-7-19-12-5-4-9(8-17)13-10(12)2-1-3-11(13)18/h1-5,8,18H,6-7H2. The molecule has 0 radical (unpaired) electrons. The summed E-state index contributed by atoms with van der Waals surface area (Å²) in [6.45, 7) is 0.446. The van der Waals surface area contributed by atoms with Crippen LogP contribution in [0.2, 0.25) is 0 Å². The summed E-state index contributed by atoms with van der Waals surface area (Å²) in [7, 11) is 0. The topological polar surface area (TPSA) is 95.3 Å². The van der Waals surface area contributed by atoms with Crippen LogP contribution in [0.25, 0.3) is 21.2 Å². The van der Waals surface area contributed by atoms with E-state index in [1.165, 1.54) is 6.07 Å². The number of ether oxygens (including phenoxy) is 1. The number of carbonyl (C=O) groups excluding carboxylic acids is 1. The molecule has 2 rings (SSSR count). The lowest BCUT2D eigenvalue weighted by Crippen LogP contribution is -2.01. The number of azide groups is 1. The van der Waals surface area contributed by atoms with Crippen molar-refractivity contribution < 1.29 is 14.6 Å². The molecule has 0 amide bonds. The molecule has 2 aromatic rings. The maximum atomic E-state index is 11.0. The van der Waals surface area contributed by atoms with Gasteiger partial charge in [-0.15, -0.1) is 0 Å². The van der Waals surface area contributed by atoms with Crippen LogP contribution < -0.4 is 4.74 Å². The molecule has 0 unspecified atom stereocenters. The number of benzene rings is 2. The first kappa shape index (κ1) is 12.7. The molecule has 0 atom stereocenters. The molecular weight excluding hydrogens is 246 g/mol. The van der Waals surface area contributed by atoms with Crippen LogP contribution in [0.3, 0.4) is 0 Å². The smallest absolute Gasteiger partial charge is 0.150 e. The van der Waals surface area contributed by atoms with Crippen LogP contribution in [0.4, 0.5) is 0 Å². The lowest BCUT2D eigenvalue weighted by molar-refractivity contribution is 0.112. The van der Waals surface area contributed by atoms with E-state index in [4.69, 9.17) is 10.3 Å². The predicted molar refractivity (Wildman–Crippen MR) is 70.5 cm³/mol. The van der Waals surface area contributed by atoms with E-state index in [1.807, 2.05) is 0 Å². The number of aromatic hydroxyl groups is 1. The van der Waals surface area contributed by atoms with E-state index < -0.39 is 0 Å². The Morgan fingerprint density at radius 1 is 1.37 bits per heavy atom. The van der Waals surface area contributed by atoms with Gasteiger partial charge in [-0.05, 0) is 23.7 Å². The minimum atomic E-state index is 0.0279. The second kappa shape index (κ2) is 5.75. The van der Waals surface area contributed by atoms with E-state index in [0.717, 1.165) is 0 Å². The van der Waals surface area contributed by atoms with Crippen molar-refractivity contribution in [3.63, 3.8) is 0 Å². The lowest BCUT2D eigenvalue weighted by atomic mass is 10.0. The summed E-state index contributed by atoms with van der Waals surface area (Å²) in [5.41, 5.74) is 8.57. The van der Waals surface area contributed by atoms with Crippen LogP contribution in [0.5, 0.6) is 11.5 Å². The molecule has 2 aromatic carbocycles. The number of phenols is 1. The zero-order valence-electron chi connectivity index (χ0n) is 9.98. The maximum Gasteiger partial charge on any atom is 0.150 e. The van der Waals surface area contributed by atoms with E-state index in [0.29, 0.717) is 28.4 Å². The number of aldehydes is 1. The molecule has 0 aromatic heterocycles. The van der Waals surface area contributed by atoms with Crippen LogP contribution in [0.1, 0.15) is 10.4 Å². The van der Waals surface area contributed by atoms with Crippen molar-refractivity contribution in [2.45, 2.75) is 0 Å². The number of hydrogen-bond donors (Lipinski definition) is 1. The summed E-state index contributed by atoms with van der Waals surface area (Å²) in [6.07, 6.45) is 0.686.